The Bertz CT molecular complexity index is 457. The zero-order chi connectivity index (χ0) is 11.6. The largest absolute Gasteiger partial charge is 0.315 e. The van der Waals surface area contributed by atoms with Crippen molar-refractivity contribution in [1.29, 1.82) is 0 Å². The van der Waals surface area contributed by atoms with Crippen molar-refractivity contribution in [2.75, 3.05) is 13.1 Å². The van der Waals surface area contributed by atoms with E-state index in [-0.39, 0.29) is 18.4 Å². The fraction of sp³-hybridized carbons (Fsp3) is 0.556. The predicted molar refractivity (Wildman–Crippen MR) is 75.5 cm³/mol. The summed E-state index contributed by atoms with van der Waals surface area (Å²) in [7, 11) is -3.37. The number of piperidine rings is 1. The van der Waals surface area contributed by atoms with Crippen molar-refractivity contribution >= 4 is 49.7 Å². The van der Waals surface area contributed by atoms with Gasteiger partial charge >= 0.3 is 0 Å². The number of hydrogen-bond donors (Lipinski definition) is 2. The number of sulfonamides is 1. The van der Waals surface area contributed by atoms with E-state index in [0.717, 1.165) is 19.4 Å². The Hall–Kier alpha value is 0.340. The van der Waals surface area contributed by atoms with Gasteiger partial charge in [-0.3, -0.25) is 0 Å². The zero-order valence-electron chi connectivity index (χ0n) is 8.98. The van der Waals surface area contributed by atoms with Crippen LogP contribution in [0.2, 0.25) is 0 Å². The number of hydrogen-bond acceptors (Lipinski definition) is 4. The second-order valence-corrected chi connectivity index (χ2v) is 7.40. The first-order valence-corrected chi connectivity index (χ1v) is 8.21. The second kappa shape index (κ2) is 6.49. The lowest BCUT2D eigenvalue weighted by molar-refractivity contribution is 0.429. The molecule has 1 aromatic heterocycles. The molecule has 1 aliphatic rings. The molecule has 2 rings (SSSR count). The van der Waals surface area contributed by atoms with Gasteiger partial charge < -0.3 is 5.32 Å². The summed E-state index contributed by atoms with van der Waals surface area (Å²) in [6.07, 6.45) is 1.91. The summed E-state index contributed by atoms with van der Waals surface area (Å²) in [5.74, 6) is 0. The molecule has 17 heavy (non-hydrogen) atoms. The highest BCUT2D eigenvalue weighted by Crippen LogP contribution is 2.27. The predicted octanol–water partition coefficient (Wildman–Crippen LogP) is 1.96. The van der Waals surface area contributed by atoms with Crippen LogP contribution in [0.25, 0.3) is 0 Å². The summed E-state index contributed by atoms with van der Waals surface area (Å²) in [4.78, 5) is 0. The van der Waals surface area contributed by atoms with E-state index in [0.29, 0.717) is 15.2 Å². The molecular weight excluding hydrogens is 348 g/mol. The Kier molecular flexibility index (Phi) is 5.88. The molecule has 1 atom stereocenters. The van der Waals surface area contributed by atoms with Crippen molar-refractivity contribution < 1.29 is 8.42 Å². The molecule has 1 aromatic rings. The van der Waals surface area contributed by atoms with Crippen LogP contribution in [0.5, 0.6) is 0 Å². The molecule has 0 spiro atoms. The third kappa shape index (κ3) is 3.90. The molecule has 98 valence electrons. The van der Waals surface area contributed by atoms with Gasteiger partial charge in [-0.1, -0.05) is 0 Å². The van der Waals surface area contributed by atoms with E-state index in [1.165, 1.54) is 11.3 Å². The highest BCUT2D eigenvalue weighted by Gasteiger charge is 2.24. The van der Waals surface area contributed by atoms with Crippen molar-refractivity contribution in [3.05, 3.63) is 15.9 Å². The van der Waals surface area contributed by atoms with Gasteiger partial charge in [0.05, 0.1) is 0 Å². The van der Waals surface area contributed by atoms with Crippen LogP contribution >= 0.6 is 39.7 Å². The molecule has 1 saturated heterocycles. The third-order valence-electron chi connectivity index (χ3n) is 2.45. The maximum absolute atomic E-state index is 12.0. The van der Waals surface area contributed by atoms with Crippen molar-refractivity contribution in [2.45, 2.75) is 23.1 Å². The summed E-state index contributed by atoms with van der Waals surface area (Å²) in [5.41, 5.74) is 0. The summed E-state index contributed by atoms with van der Waals surface area (Å²) in [6, 6.07) is 1.76. The van der Waals surface area contributed by atoms with Crippen molar-refractivity contribution in [3.63, 3.8) is 0 Å². The van der Waals surface area contributed by atoms with Crippen LogP contribution in [-0.2, 0) is 10.0 Å². The Morgan fingerprint density at radius 3 is 2.82 bits per heavy atom. The maximum atomic E-state index is 12.0. The van der Waals surface area contributed by atoms with Crippen LogP contribution in [0, 0.1) is 0 Å². The van der Waals surface area contributed by atoms with Gasteiger partial charge in [0, 0.05) is 17.1 Å². The van der Waals surface area contributed by atoms with Crippen LogP contribution in [-0.4, -0.2) is 27.5 Å². The summed E-state index contributed by atoms with van der Waals surface area (Å²) >= 11 is 4.47. The van der Waals surface area contributed by atoms with Crippen LogP contribution in [0.15, 0.2) is 20.1 Å². The van der Waals surface area contributed by atoms with E-state index >= 15 is 0 Å². The van der Waals surface area contributed by atoms with Gasteiger partial charge in [-0.2, -0.15) is 0 Å². The summed E-state index contributed by atoms with van der Waals surface area (Å²) in [6.45, 7) is 1.68. The second-order valence-electron chi connectivity index (χ2n) is 3.72. The van der Waals surface area contributed by atoms with E-state index < -0.39 is 10.0 Å². The van der Waals surface area contributed by atoms with Crippen LogP contribution in [0.1, 0.15) is 12.8 Å². The first kappa shape index (κ1) is 15.4. The van der Waals surface area contributed by atoms with Crippen molar-refractivity contribution in [2.24, 2.45) is 0 Å². The highest BCUT2D eigenvalue weighted by molar-refractivity contribution is 9.10. The molecule has 0 amide bonds. The summed E-state index contributed by atoms with van der Waals surface area (Å²) in [5, 5.41) is 4.94. The van der Waals surface area contributed by atoms with Gasteiger partial charge in [0.1, 0.15) is 4.21 Å². The van der Waals surface area contributed by atoms with Gasteiger partial charge in [0.25, 0.3) is 10.0 Å². The van der Waals surface area contributed by atoms with E-state index in [4.69, 9.17) is 0 Å². The molecule has 2 N–H and O–H groups in total. The molecule has 4 nitrogen and oxygen atoms in total. The molecule has 2 heterocycles. The Morgan fingerprint density at radius 2 is 2.29 bits per heavy atom. The SMILES string of the molecule is Cl.O=S(=O)(NC1CCCNC1)c1sccc1Br. The van der Waals surface area contributed by atoms with Crippen LogP contribution in [0.3, 0.4) is 0 Å². The lowest BCUT2D eigenvalue weighted by Gasteiger charge is -2.23. The Balaban J connectivity index is 0.00000144. The molecule has 1 unspecified atom stereocenters. The molecule has 1 aliphatic heterocycles. The van der Waals surface area contributed by atoms with E-state index in [1.54, 1.807) is 11.4 Å². The van der Waals surface area contributed by atoms with Crippen molar-refractivity contribution in [1.82, 2.24) is 10.0 Å². The number of nitrogens with one attached hydrogen (secondary N) is 2. The third-order valence-corrected chi connectivity index (χ3v) is 6.64. The number of halogens is 2. The molecule has 8 heteroatoms. The zero-order valence-corrected chi connectivity index (χ0v) is 13.0. The summed E-state index contributed by atoms with van der Waals surface area (Å²) < 4.78 is 27.8. The topological polar surface area (TPSA) is 58.2 Å². The smallest absolute Gasteiger partial charge is 0.251 e. The van der Waals surface area contributed by atoms with Crippen LogP contribution < -0.4 is 10.0 Å². The van der Waals surface area contributed by atoms with Gasteiger partial charge in [-0.15, -0.1) is 23.7 Å². The van der Waals surface area contributed by atoms with Gasteiger partial charge in [0.15, 0.2) is 0 Å². The maximum Gasteiger partial charge on any atom is 0.251 e. The standard InChI is InChI=1S/C9H13BrN2O2S2.ClH/c10-8-3-5-15-9(8)16(13,14)12-7-2-1-4-11-6-7;/h3,5,7,11-12H,1-2,4,6H2;1H. The van der Waals surface area contributed by atoms with Gasteiger partial charge in [-0.25, -0.2) is 13.1 Å². The highest BCUT2D eigenvalue weighted by atomic mass is 79.9. The average molecular weight is 362 g/mol. The van der Waals surface area contributed by atoms with Gasteiger partial charge in [0.2, 0.25) is 0 Å². The quantitative estimate of drug-likeness (QED) is 0.865. The van der Waals surface area contributed by atoms with Gasteiger partial charge in [-0.05, 0) is 46.8 Å². The lowest BCUT2D eigenvalue weighted by Crippen LogP contribution is -2.45. The minimum absolute atomic E-state index is 0. The first-order valence-electron chi connectivity index (χ1n) is 5.05. The molecule has 0 aromatic carbocycles. The fourth-order valence-electron chi connectivity index (χ4n) is 1.70. The van der Waals surface area contributed by atoms with E-state index in [9.17, 15) is 8.42 Å². The molecule has 0 radical (unpaired) electrons. The van der Waals surface area contributed by atoms with Crippen molar-refractivity contribution in [3.8, 4) is 0 Å². The van der Waals surface area contributed by atoms with E-state index in [1.807, 2.05) is 0 Å². The first-order chi connectivity index (χ1) is 7.59. The minimum Gasteiger partial charge on any atom is -0.315 e. The monoisotopic (exact) mass is 360 g/mol. The molecule has 0 saturated carbocycles. The minimum atomic E-state index is -3.37. The Morgan fingerprint density at radius 1 is 1.53 bits per heavy atom. The fourth-order valence-corrected chi connectivity index (χ4v) is 5.32. The molecule has 0 aliphatic carbocycles. The van der Waals surface area contributed by atoms with E-state index in [2.05, 4.69) is 26.0 Å². The lowest BCUT2D eigenvalue weighted by atomic mass is 10.1. The normalized spacial score (nSPS) is 20.9. The molecular formula is C9H14BrClN2O2S2. The molecule has 1 fully saturated rings. The molecule has 0 bridgehead atoms. The average Bonchev–Trinajstić information content (AvgIpc) is 2.66. The number of thiophene rings is 1. The van der Waals surface area contributed by atoms with Crippen LogP contribution in [0.4, 0.5) is 0 Å². The number of rotatable bonds is 3. The Labute approximate surface area is 120 Å².